The number of thiophene rings is 1. The number of hydrogen-bond acceptors (Lipinski definition) is 8. The van der Waals surface area contributed by atoms with E-state index in [0.29, 0.717) is 17.4 Å². The lowest BCUT2D eigenvalue weighted by Crippen LogP contribution is -2.21. The quantitative estimate of drug-likeness (QED) is 0.244. The molecule has 0 aliphatic rings. The van der Waals surface area contributed by atoms with Gasteiger partial charge in [0.2, 0.25) is 0 Å². The van der Waals surface area contributed by atoms with E-state index in [1.165, 1.54) is 19.5 Å². The van der Waals surface area contributed by atoms with Crippen LogP contribution in [-0.4, -0.2) is 45.3 Å². The van der Waals surface area contributed by atoms with Crippen molar-refractivity contribution in [1.29, 1.82) is 0 Å². The highest BCUT2D eigenvalue weighted by Crippen LogP contribution is 2.34. The van der Waals surface area contributed by atoms with Crippen molar-refractivity contribution in [2.24, 2.45) is 0 Å². The smallest absolute Gasteiger partial charge is 0.346 e. The lowest BCUT2D eigenvalue weighted by Gasteiger charge is -2.15. The molecule has 38 heavy (non-hydrogen) atoms. The van der Waals surface area contributed by atoms with Gasteiger partial charge in [-0.25, -0.2) is 32.5 Å². The minimum Gasteiger partial charge on any atom is -0.493 e. The Morgan fingerprint density at radius 2 is 1.58 bits per heavy atom. The molecular weight excluding hydrogens is 533 g/mol. The van der Waals surface area contributed by atoms with Crippen LogP contribution in [0.5, 0.6) is 11.5 Å². The summed E-state index contributed by atoms with van der Waals surface area (Å²) < 4.78 is 53.9. The third-order valence-corrected chi connectivity index (χ3v) is 6.04. The molecule has 0 aliphatic heterocycles. The summed E-state index contributed by atoms with van der Waals surface area (Å²) in [4.78, 5) is 42.4. The standard InChI is InChI=1S/C23H15F3N4O7S/c1-36-15-5-11(25)13(29-23(35)30-14-8-38-20(22(33)34)17(14)21(31)32)6-16(15)37-7-9-10(24)4-12(26)19-18(9)27-2-3-28-19/h2-6,8H,7H2,1H3,(H,31,32)(H,33,34)(H2,29,30,35). The number of aromatic nitrogens is 2. The lowest BCUT2D eigenvalue weighted by atomic mass is 10.1. The van der Waals surface area contributed by atoms with Crippen LogP contribution in [0.15, 0.2) is 36.0 Å². The van der Waals surface area contributed by atoms with Gasteiger partial charge in [-0.1, -0.05) is 0 Å². The van der Waals surface area contributed by atoms with Crippen LogP contribution in [-0.2, 0) is 6.61 Å². The Morgan fingerprint density at radius 1 is 0.895 bits per heavy atom. The van der Waals surface area contributed by atoms with Crippen molar-refractivity contribution in [3.05, 3.63) is 69.4 Å². The maximum absolute atomic E-state index is 14.6. The van der Waals surface area contributed by atoms with Gasteiger partial charge in [-0.15, -0.1) is 11.3 Å². The minimum absolute atomic E-state index is 0.0884. The van der Waals surface area contributed by atoms with Crippen LogP contribution in [0.2, 0.25) is 0 Å². The van der Waals surface area contributed by atoms with Crippen molar-refractivity contribution < 1.29 is 47.2 Å². The molecule has 0 fully saturated rings. The molecule has 4 aromatic rings. The Kier molecular flexibility index (Phi) is 7.29. The highest BCUT2D eigenvalue weighted by Gasteiger charge is 2.25. The van der Waals surface area contributed by atoms with Crippen LogP contribution in [0.3, 0.4) is 0 Å². The molecule has 0 spiro atoms. The number of urea groups is 1. The van der Waals surface area contributed by atoms with E-state index in [1.54, 1.807) is 0 Å². The summed E-state index contributed by atoms with van der Waals surface area (Å²) in [6.45, 7) is -0.496. The number of nitrogens with one attached hydrogen (secondary N) is 2. The van der Waals surface area contributed by atoms with Crippen LogP contribution in [0, 0.1) is 17.5 Å². The molecule has 4 N–H and O–H groups in total. The number of rotatable bonds is 8. The Balaban J connectivity index is 1.58. The molecular formula is C23H15F3N4O7S. The van der Waals surface area contributed by atoms with Gasteiger partial charge in [-0.2, -0.15) is 0 Å². The first kappa shape index (κ1) is 26.2. The molecule has 2 aromatic carbocycles. The van der Waals surface area contributed by atoms with Crippen molar-refractivity contribution >= 4 is 51.7 Å². The number of aromatic carboxylic acids is 2. The fourth-order valence-corrected chi connectivity index (χ4v) is 4.23. The lowest BCUT2D eigenvalue weighted by molar-refractivity contribution is 0.0657. The fraction of sp³-hybridized carbons (Fsp3) is 0.0870. The molecule has 2 heterocycles. The number of methoxy groups -OCH3 is 1. The van der Waals surface area contributed by atoms with Crippen LogP contribution < -0.4 is 20.1 Å². The summed E-state index contributed by atoms with van der Waals surface area (Å²) in [5, 5.41) is 23.9. The summed E-state index contributed by atoms with van der Waals surface area (Å²) in [6.07, 6.45) is 2.48. The summed E-state index contributed by atoms with van der Waals surface area (Å²) in [5.41, 5.74) is -1.81. The number of nitrogens with zero attached hydrogens (tertiary/aromatic N) is 2. The molecule has 0 atom stereocenters. The number of halogens is 3. The summed E-state index contributed by atoms with van der Waals surface area (Å²) in [6, 6.07) is 1.43. The molecule has 15 heteroatoms. The first-order valence-electron chi connectivity index (χ1n) is 10.3. The van der Waals surface area contributed by atoms with E-state index >= 15 is 0 Å². The number of carbonyl (C=O) groups is 3. The monoisotopic (exact) mass is 548 g/mol. The van der Waals surface area contributed by atoms with Gasteiger partial charge < -0.3 is 30.3 Å². The van der Waals surface area contributed by atoms with Gasteiger partial charge in [0.1, 0.15) is 33.9 Å². The van der Waals surface area contributed by atoms with Crippen LogP contribution >= 0.6 is 11.3 Å². The van der Waals surface area contributed by atoms with Gasteiger partial charge >= 0.3 is 18.0 Å². The van der Waals surface area contributed by atoms with Crippen molar-refractivity contribution in [3.8, 4) is 11.5 Å². The van der Waals surface area contributed by atoms with Crippen LogP contribution in [0.4, 0.5) is 29.3 Å². The van der Waals surface area contributed by atoms with Crippen molar-refractivity contribution in [2.45, 2.75) is 6.61 Å². The minimum atomic E-state index is -1.59. The molecule has 4 rings (SSSR count). The maximum atomic E-state index is 14.6. The number of ether oxygens (including phenoxy) is 2. The summed E-state index contributed by atoms with van der Waals surface area (Å²) in [7, 11) is 1.21. The second kappa shape index (κ2) is 10.6. The highest BCUT2D eigenvalue weighted by atomic mass is 32.1. The third-order valence-electron chi connectivity index (χ3n) is 5.07. The van der Waals surface area contributed by atoms with E-state index in [2.05, 4.69) is 20.6 Å². The van der Waals surface area contributed by atoms with Gasteiger partial charge in [0, 0.05) is 36.0 Å². The number of carboxylic acids is 2. The predicted octanol–water partition coefficient (Wildman–Crippen LogP) is 4.74. The SMILES string of the molecule is COc1cc(F)c(NC(=O)Nc2csc(C(=O)O)c2C(=O)O)cc1OCc1c(F)cc(F)c2nccnc12. The van der Waals surface area contributed by atoms with E-state index in [9.17, 15) is 32.7 Å². The second-order valence-corrected chi connectivity index (χ2v) is 8.27. The Labute approximate surface area is 214 Å². The highest BCUT2D eigenvalue weighted by molar-refractivity contribution is 7.13. The molecule has 0 bridgehead atoms. The van der Waals surface area contributed by atoms with Crippen LogP contribution in [0.25, 0.3) is 11.0 Å². The number of fused-ring (bicyclic) bond motifs is 1. The van der Waals surface area contributed by atoms with E-state index in [-0.39, 0.29) is 33.8 Å². The average molecular weight is 548 g/mol. The summed E-state index contributed by atoms with van der Waals surface area (Å²) >= 11 is 0.581. The molecule has 2 amide bonds. The topological polar surface area (TPSA) is 160 Å². The fourth-order valence-electron chi connectivity index (χ4n) is 3.40. The zero-order chi connectivity index (χ0) is 27.6. The number of carbonyl (C=O) groups excluding carboxylic acids is 1. The summed E-state index contributed by atoms with van der Waals surface area (Å²) in [5.74, 6) is -6.19. The average Bonchev–Trinajstić information content (AvgIpc) is 3.29. The first-order chi connectivity index (χ1) is 18.1. The van der Waals surface area contributed by atoms with Gasteiger partial charge in [-0.05, 0) is 0 Å². The molecule has 11 nitrogen and oxygen atoms in total. The molecule has 0 saturated carbocycles. The van der Waals surface area contributed by atoms with Gasteiger partial charge in [0.25, 0.3) is 0 Å². The molecule has 0 unspecified atom stereocenters. The normalized spacial score (nSPS) is 10.7. The Hall–Kier alpha value is -4.92. The second-order valence-electron chi connectivity index (χ2n) is 7.39. The van der Waals surface area contributed by atoms with Gasteiger partial charge in [-0.3, -0.25) is 4.98 Å². The Bertz CT molecular complexity index is 1600. The van der Waals surface area contributed by atoms with E-state index < -0.39 is 58.2 Å². The number of carboxylic acid groups (broad SMARTS) is 2. The molecule has 0 radical (unpaired) electrons. The molecule has 0 aliphatic carbocycles. The largest absolute Gasteiger partial charge is 0.493 e. The number of hydrogen-bond donors (Lipinski definition) is 4. The van der Waals surface area contributed by atoms with Crippen molar-refractivity contribution in [2.75, 3.05) is 17.7 Å². The van der Waals surface area contributed by atoms with Gasteiger partial charge in [0.15, 0.2) is 23.1 Å². The van der Waals surface area contributed by atoms with Crippen LogP contribution in [0.1, 0.15) is 25.6 Å². The van der Waals surface area contributed by atoms with Crippen molar-refractivity contribution in [1.82, 2.24) is 9.97 Å². The zero-order valence-electron chi connectivity index (χ0n) is 19.0. The Morgan fingerprint density at radius 3 is 2.24 bits per heavy atom. The number of anilines is 2. The third kappa shape index (κ3) is 5.12. The molecule has 196 valence electrons. The van der Waals surface area contributed by atoms with Crippen molar-refractivity contribution in [3.63, 3.8) is 0 Å². The molecule has 2 aromatic heterocycles. The van der Waals surface area contributed by atoms with E-state index in [4.69, 9.17) is 14.6 Å². The first-order valence-corrected chi connectivity index (χ1v) is 11.2. The van der Waals surface area contributed by atoms with Gasteiger partial charge in [0.05, 0.1) is 24.0 Å². The molecule has 0 saturated heterocycles. The predicted molar refractivity (Wildman–Crippen MR) is 128 cm³/mol. The maximum Gasteiger partial charge on any atom is 0.346 e. The van der Waals surface area contributed by atoms with E-state index in [1.807, 2.05) is 0 Å². The zero-order valence-corrected chi connectivity index (χ0v) is 19.9. The number of amides is 2. The number of benzene rings is 2. The van der Waals surface area contributed by atoms with E-state index in [0.717, 1.165) is 17.5 Å².